The van der Waals surface area contributed by atoms with Gasteiger partial charge in [0.25, 0.3) is 11.1 Å². The monoisotopic (exact) mass is 497 g/mol. The molecule has 0 aliphatic carbocycles. The molecule has 0 unspecified atom stereocenters. The third-order valence-electron chi connectivity index (χ3n) is 4.31. The summed E-state index contributed by atoms with van der Waals surface area (Å²) in [5.41, 5.74) is 1.26. The van der Waals surface area contributed by atoms with Crippen LogP contribution in [0.25, 0.3) is 17.4 Å². The first-order valence-corrected chi connectivity index (χ1v) is 10.9. The number of imide groups is 1. The van der Waals surface area contributed by atoms with Crippen LogP contribution in [0.5, 0.6) is 0 Å². The summed E-state index contributed by atoms with van der Waals surface area (Å²) >= 11 is 25.1. The zero-order chi connectivity index (χ0) is 21.4. The molecular formula is C21H11Cl4NO3S. The summed E-state index contributed by atoms with van der Waals surface area (Å²) in [6.07, 6.45) is 1.52. The van der Waals surface area contributed by atoms with Gasteiger partial charge in [0.15, 0.2) is 0 Å². The molecular weight excluding hydrogens is 488 g/mol. The average Bonchev–Trinajstić information content (AvgIpc) is 3.26. The molecule has 2 amide bonds. The van der Waals surface area contributed by atoms with Gasteiger partial charge >= 0.3 is 0 Å². The van der Waals surface area contributed by atoms with Crippen LogP contribution in [-0.4, -0.2) is 16.0 Å². The number of rotatable bonds is 4. The number of furan rings is 1. The Labute approximate surface area is 196 Å². The minimum absolute atomic E-state index is 0.0551. The quantitative estimate of drug-likeness (QED) is 0.344. The molecule has 9 heteroatoms. The van der Waals surface area contributed by atoms with Crippen LogP contribution >= 0.6 is 58.2 Å². The molecule has 3 aromatic rings. The van der Waals surface area contributed by atoms with Crippen molar-refractivity contribution in [1.29, 1.82) is 0 Å². The minimum Gasteiger partial charge on any atom is -0.457 e. The number of carbonyl (C=O) groups excluding carboxylic acids is 2. The number of carbonyl (C=O) groups is 2. The van der Waals surface area contributed by atoms with E-state index in [9.17, 15) is 9.59 Å². The maximum Gasteiger partial charge on any atom is 0.293 e. The highest BCUT2D eigenvalue weighted by Crippen LogP contribution is 2.36. The Hall–Kier alpha value is -1.89. The molecule has 0 radical (unpaired) electrons. The third kappa shape index (κ3) is 4.41. The van der Waals surface area contributed by atoms with Crippen molar-refractivity contribution < 1.29 is 14.0 Å². The van der Waals surface area contributed by atoms with Crippen molar-refractivity contribution >= 4 is 75.4 Å². The highest BCUT2D eigenvalue weighted by molar-refractivity contribution is 8.18. The molecule has 0 saturated carbocycles. The van der Waals surface area contributed by atoms with Crippen LogP contribution in [-0.2, 0) is 11.3 Å². The van der Waals surface area contributed by atoms with E-state index in [1.54, 1.807) is 48.5 Å². The Morgan fingerprint density at radius 2 is 1.63 bits per heavy atom. The van der Waals surface area contributed by atoms with Gasteiger partial charge in [-0.1, -0.05) is 52.5 Å². The lowest BCUT2D eigenvalue weighted by atomic mass is 10.2. The van der Waals surface area contributed by atoms with E-state index in [0.29, 0.717) is 42.7 Å². The highest BCUT2D eigenvalue weighted by atomic mass is 35.5. The van der Waals surface area contributed by atoms with Gasteiger partial charge in [-0.25, -0.2) is 0 Å². The second-order valence-electron chi connectivity index (χ2n) is 6.33. The van der Waals surface area contributed by atoms with Gasteiger partial charge in [0.2, 0.25) is 0 Å². The van der Waals surface area contributed by atoms with E-state index >= 15 is 0 Å². The van der Waals surface area contributed by atoms with E-state index in [1.165, 1.54) is 6.08 Å². The van der Waals surface area contributed by atoms with Crippen molar-refractivity contribution in [3.8, 4) is 11.3 Å². The van der Waals surface area contributed by atoms with Gasteiger partial charge in [0, 0.05) is 26.7 Å². The van der Waals surface area contributed by atoms with Crippen LogP contribution in [0.15, 0.2) is 57.9 Å². The van der Waals surface area contributed by atoms with Crippen molar-refractivity contribution in [1.82, 2.24) is 4.90 Å². The predicted octanol–water partition coefficient (Wildman–Crippen LogP) is 7.80. The highest BCUT2D eigenvalue weighted by Gasteiger charge is 2.35. The van der Waals surface area contributed by atoms with Crippen LogP contribution in [0.3, 0.4) is 0 Å². The SMILES string of the molecule is O=C1S/C(=C\c2ccc(-c3cc(Cl)ccc3Cl)o2)C(=O)N1Cc1ccc(Cl)cc1Cl. The first kappa shape index (κ1) is 21.3. The standard InChI is InChI=1S/C21H11Cl4NO3S/c22-12-3-5-16(24)15(7-12)18-6-4-14(29-18)9-19-20(27)26(21(28)30-19)10-11-1-2-13(23)8-17(11)25/h1-9H,10H2/b19-9-. The Bertz CT molecular complexity index is 1200. The molecule has 2 aromatic carbocycles. The van der Waals surface area contributed by atoms with Gasteiger partial charge < -0.3 is 4.42 Å². The Morgan fingerprint density at radius 3 is 2.40 bits per heavy atom. The largest absolute Gasteiger partial charge is 0.457 e. The first-order chi connectivity index (χ1) is 14.3. The van der Waals surface area contributed by atoms with Crippen LogP contribution in [0.2, 0.25) is 20.1 Å². The molecule has 0 bridgehead atoms. The number of benzene rings is 2. The van der Waals surface area contributed by atoms with E-state index in [0.717, 1.165) is 16.7 Å². The number of nitrogens with zero attached hydrogens (tertiary/aromatic N) is 1. The summed E-state index contributed by atoms with van der Waals surface area (Å²) in [4.78, 5) is 26.5. The van der Waals surface area contributed by atoms with Crippen molar-refractivity contribution in [2.75, 3.05) is 0 Å². The maximum atomic E-state index is 12.7. The van der Waals surface area contributed by atoms with E-state index in [1.807, 2.05) is 0 Å². The summed E-state index contributed by atoms with van der Waals surface area (Å²) < 4.78 is 5.79. The molecule has 0 atom stereocenters. The summed E-state index contributed by atoms with van der Waals surface area (Å²) in [6, 6.07) is 13.4. The fourth-order valence-electron chi connectivity index (χ4n) is 2.85. The first-order valence-electron chi connectivity index (χ1n) is 8.56. The number of amides is 2. The fourth-order valence-corrected chi connectivity index (χ4v) is 4.52. The summed E-state index contributed by atoms with van der Waals surface area (Å²) in [5.74, 6) is 0.492. The summed E-state index contributed by atoms with van der Waals surface area (Å²) in [6.45, 7) is 0.0551. The van der Waals surface area contributed by atoms with Crippen LogP contribution < -0.4 is 0 Å². The topological polar surface area (TPSA) is 50.5 Å². The minimum atomic E-state index is -0.422. The summed E-state index contributed by atoms with van der Waals surface area (Å²) in [5, 5.41) is 1.49. The van der Waals surface area contributed by atoms with Gasteiger partial charge in [-0.05, 0) is 59.8 Å². The van der Waals surface area contributed by atoms with Crippen molar-refractivity contribution in [2.45, 2.75) is 6.54 Å². The molecule has 1 fully saturated rings. The molecule has 4 nitrogen and oxygen atoms in total. The van der Waals surface area contributed by atoms with Gasteiger partial charge in [-0.15, -0.1) is 0 Å². The number of thioether (sulfide) groups is 1. The average molecular weight is 499 g/mol. The summed E-state index contributed by atoms with van der Waals surface area (Å²) in [7, 11) is 0. The predicted molar refractivity (Wildman–Crippen MR) is 122 cm³/mol. The second-order valence-corrected chi connectivity index (χ2v) is 9.01. The van der Waals surface area contributed by atoms with Gasteiger partial charge in [-0.3, -0.25) is 14.5 Å². The number of hydrogen-bond acceptors (Lipinski definition) is 4. The second kappa shape index (κ2) is 8.69. The van der Waals surface area contributed by atoms with Crippen LogP contribution in [0.1, 0.15) is 11.3 Å². The molecule has 0 N–H and O–H groups in total. The van der Waals surface area contributed by atoms with E-state index in [-0.39, 0.29) is 16.7 Å². The molecule has 1 aromatic heterocycles. The molecule has 1 aliphatic heterocycles. The Balaban J connectivity index is 1.56. The van der Waals surface area contributed by atoms with Crippen LogP contribution in [0, 0.1) is 0 Å². The van der Waals surface area contributed by atoms with Gasteiger partial charge in [0.05, 0.1) is 16.5 Å². The smallest absolute Gasteiger partial charge is 0.293 e. The van der Waals surface area contributed by atoms with Gasteiger partial charge in [-0.2, -0.15) is 0 Å². The normalized spacial score (nSPS) is 15.5. The lowest BCUT2D eigenvalue weighted by molar-refractivity contribution is -0.123. The molecule has 1 saturated heterocycles. The van der Waals surface area contributed by atoms with Gasteiger partial charge in [0.1, 0.15) is 11.5 Å². The van der Waals surface area contributed by atoms with E-state index < -0.39 is 5.91 Å². The third-order valence-corrected chi connectivity index (χ3v) is 6.37. The molecule has 4 rings (SSSR count). The Morgan fingerprint density at radius 1 is 0.900 bits per heavy atom. The lowest BCUT2D eigenvalue weighted by Gasteiger charge is -2.13. The lowest BCUT2D eigenvalue weighted by Crippen LogP contribution is -2.27. The molecule has 1 aliphatic rings. The number of halogens is 4. The van der Waals surface area contributed by atoms with Crippen molar-refractivity contribution in [3.05, 3.63) is 84.9 Å². The maximum absolute atomic E-state index is 12.7. The molecule has 152 valence electrons. The van der Waals surface area contributed by atoms with E-state index in [4.69, 9.17) is 50.8 Å². The van der Waals surface area contributed by atoms with Crippen molar-refractivity contribution in [2.24, 2.45) is 0 Å². The van der Waals surface area contributed by atoms with Crippen molar-refractivity contribution in [3.63, 3.8) is 0 Å². The molecule has 30 heavy (non-hydrogen) atoms. The zero-order valence-corrected chi connectivity index (χ0v) is 18.8. The zero-order valence-electron chi connectivity index (χ0n) is 15.0. The molecule has 2 heterocycles. The Kier molecular flexibility index (Phi) is 6.19. The van der Waals surface area contributed by atoms with E-state index in [2.05, 4.69) is 0 Å². The molecule has 0 spiro atoms. The number of hydrogen-bond donors (Lipinski definition) is 0. The fraction of sp³-hybridized carbons (Fsp3) is 0.0476. The van der Waals surface area contributed by atoms with Crippen LogP contribution in [0.4, 0.5) is 4.79 Å².